The number of nitrogens with one attached hydrogen (secondary N) is 1. The van der Waals surface area contributed by atoms with E-state index >= 15 is 0 Å². The molecule has 2 aromatic heterocycles. The minimum Gasteiger partial charge on any atom is -0.494 e. The first-order valence-corrected chi connectivity index (χ1v) is 14.0. The molecule has 39 heavy (non-hydrogen) atoms. The molecule has 1 aliphatic carbocycles. The largest absolute Gasteiger partial charge is 0.494 e. The van der Waals surface area contributed by atoms with Crippen molar-refractivity contribution in [2.75, 3.05) is 12.4 Å². The van der Waals surface area contributed by atoms with Crippen LogP contribution in [0.2, 0.25) is 0 Å². The molecule has 0 fully saturated rings. The van der Waals surface area contributed by atoms with E-state index in [2.05, 4.69) is 10.5 Å². The quantitative estimate of drug-likeness (QED) is 0.129. The number of aryl methyl sites for hydroxylation is 2. The number of aromatic nitrogens is 2. The number of rotatable bonds is 8. The molecule has 4 aromatic rings. The van der Waals surface area contributed by atoms with Gasteiger partial charge in [0.1, 0.15) is 10.6 Å². The van der Waals surface area contributed by atoms with Crippen LogP contribution in [0.15, 0.2) is 63.6 Å². The number of halogens is 3. The Hall–Kier alpha value is -3.64. The summed E-state index contributed by atoms with van der Waals surface area (Å²) in [5, 5.41) is 4.84. The summed E-state index contributed by atoms with van der Waals surface area (Å²) in [7, 11) is 0. The van der Waals surface area contributed by atoms with Crippen molar-refractivity contribution >= 4 is 45.4 Å². The van der Waals surface area contributed by atoms with Crippen LogP contribution in [-0.4, -0.2) is 34.0 Å². The van der Waals surface area contributed by atoms with E-state index in [1.165, 1.54) is 39.1 Å². The monoisotopic (exact) mass is 572 g/mol. The molecule has 0 aliphatic heterocycles. The summed E-state index contributed by atoms with van der Waals surface area (Å²) in [5.41, 5.74) is 3.51. The smallest absolute Gasteiger partial charge is 0.416 e. The molecular formula is C27H23F3N4O3S2. The summed E-state index contributed by atoms with van der Waals surface area (Å²) in [6.45, 7) is 2.41. The molecule has 0 spiro atoms. The standard InChI is InChI=1S/C27H23F3N4O3S2/c1-2-37-19-12-10-18(11-13-19)34-25(36)23-20-4-3-5-21(20)39-24(23)32-26(34)38-15-22(35)33-31-14-16-6-8-17(9-7-16)27(28,29)30/h6-14H,2-5,15H2,1H3,(H,33,35). The van der Waals surface area contributed by atoms with Crippen molar-refractivity contribution in [3.05, 3.63) is 80.5 Å². The van der Waals surface area contributed by atoms with Crippen LogP contribution in [-0.2, 0) is 23.8 Å². The van der Waals surface area contributed by atoms with E-state index in [1.807, 2.05) is 6.92 Å². The van der Waals surface area contributed by atoms with E-state index in [4.69, 9.17) is 9.72 Å². The van der Waals surface area contributed by atoms with Crippen molar-refractivity contribution in [3.63, 3.8) is 0 Å². The number of alkyl halides is 3. The molecule has 202 valence electrons. The first-order valence-electron chi connectivity index (χ1n) is 12.2. The molecule has 0 saturated carbocycles. The molecule has 2 aromatic carbocycles. The molecule has 12 heteroatoms. The Kier molecular flexibility index (Phi) is 7.76. The van der Waals surface area contributed by atoms with Crippen molar-refractivity contribution in [2.24, 2.45) is 5.10 Å². The topological polar surface area (TPSA) is 85.6 Å². The summed E-state index contributed by atoms with van der Waals surface area (Å²) >= 11 is 2.63. The number of thiophene rings is 1. The van der Waals surface area contributed by atoms with Gasteiger partial charge in [-0.25, -0.2) is 10.4 Å². The molecule has 0 radical (unpaired) electrons. The summed E-state index contributed by atoms with van der Waals surface area (Å²) in [4.78, 5) is 32.8. The van der Waals surface area contributed by atoms with Crippen molar-refractivity contribution in [1.29, 1.82) is 0 Å². The maximum atomic E-state index is 13.7. The molecule has 1 N–H and O–H groups in total. The molecule has 2 heterocycles. The first-order chi connectivity index (χ1) is 18.7. The SMILES string of the molecule is CCOc1ccc(-n2c(SCC(=O)NN=Cc3ccc(C(F)(F)F)cc3)nc3sc4c(c3c2=O)CCC4)cc1. The number of nitrogens with zero attached hydrogens (tertiary/aromatic N) is 3. The Morgan fingerprint density at radius 1 is 1.18 bits per heavy atom. The molecule has 1 aliphatic rings. The average molecular weight is 573 g/mol. The number of hydrogen-bond donors (Lipinski definition) is 1. The maximum Gasteiger partial charge on any atom is 0.416 e. The van der Waals surface area contributed by atoms with Gasteiger partial charge in [-0.05, 0) is 73.7 Å². The number of carbonyl (C=O) groups is 1. The Balaban J connectivity index is 1.35. The maximum absolute atomic E-state index is 13.7. The van der Waals surface area contributed by atoms with Gasteiger partial charge in [-0.3, -0.25) is 14.2 Å². The summed E-state index contributed by atoms with van der Waals surface area (Å²) in [6.07, 6.45) is -0.366. The van der Waals surface area contributed by atoms with E-state index in [-0.39, 0.29) is 11.3 Å². The fraction of sp³-hybridized carbons (Fsp3) is 0.259. The Bertz CT molecular complexity index is 1590. The van der Waals surface area contributed by atoms with Crippen molar-refractivity contribution < 1.29 is 22.7 Å². The normalized spacial score (nSPS) is 13.2. The van der Waals surface area contributed by atoms with Crippen LogP contribution < -0.4 is 15.7 Å². The van der Waals surface area contributed by atoms with Gasteiger partial charge >= 0.3 is 6.18 Å². The summed E-state index contributed by atoms with van der Waals surface area (Å²) in [5.74, 6) is 0.147. The van der Waals surface area contributed by atoms with E-state index in [9.17, 15) is 22.8 Å². The molecule has 0 saturated heterocycles. The van der Waals surface area contributed by atoms with Crippen LogP contribution in [0.4, 0.5) is 13.2 Å². The van der Waals surface area contributed by atoms with Crippen LogP contribution in [0, 0.1) is 0 Å². The zero-order valence-corrected chi connectivity index (χ0v) is 22.4. The minimum atomic E-state index is -4.42. The third-order valence-corrected chi connectivity index (χ3v) is 8.21. The van der Waals surface area contributed by atoms with Gasteiger partial charge < -0.3 is 4.74 Å². The molecule has 1 amide bonds. The zero-order valence-electron chi connectivity index (χ0n) is 20.7. The van der Waals surface area contributed by atoms with Gasteiger partial charge in [0.25, 0.3) is 11.5 Å². The number of fused-ring (bicyclic) bond motifs is 3. The van der Waals surface area contributed by atoms with Gasteiger partial charge in [-0.15, -0.1) is 11.3 Å². The van der Waals surface area contributed by atoms with E-state index < -0.39 is 17.6 Å². The Morgan fingerprint density at radius 3 is 2.62 bits per heavy atom. The number of hydrazone groups is 1. The lowest BCUT2D eigenvalue weighted by Crippen LogP contribution is -2.24. The van der Waals surface area contributed by atoms with E-state index in [0.717, 1.165) is 48.7 Å². The van der Waals surface area contributed by atoms with E-state index in [1.54, 1.807) is 24.3 Å². The van der Waals surface area contributed by atoms with E-state index in [0.29, 0.717) is 39.0 Å². The Morgan fingerprint density at radius 2 is 1.92 bits per heavy atom. The highest BCUT2D eigenvalue weighted by atomic mass is 32.2. The number of hydrogen-bond acceptors (Lipinski definition) is 7. The lowest BCUT2D eigenvalue weighted by atomic mass is 10.1. The number of carbonyl (C=O) groups excluding carboxylic acids is 1. The van der Waals surface area contributed by atoms with Crippen LogP contribution in [0.1, 0.15) is 34.9 Å². The average Bonchev–Trinajstić information content (AvgIpc) is 3.49. The molecule has 0 bridgehead atoms. The highest BCUT2D eigenvalue weighted by Gasteiger charge is 2.30. The second-order valence-electron chi connectivity index (χ2n) is 8.70. The van der Waals surface area contributed by atoms with Gasteiger partial charge in [-0.1, -0.05) is 23.9 Å². The molecule has 5 rings (SSSR count). The van der Waals surface area contributed by atoms with Crippen molar-refractivity contribution in [3.8, 4) is 11.4 Å². The lowest BCUT2D eigenvalue weighted by molar-refractivity contribution is -0.137. The molecule has 7 nitrogen and oxygen atoms in total. The Labute approximate surface area is 229 Å². The molecular weight excluding hydrogens is 549 g/mol. The van der Waals surface area contributed by atoms with Crippen LogP contribution >= 0.6 is 23.1 Å². The van der Waals surface area contributed by atoms with Crippen LogP contribution in [0.5, 0.6) is 5.75 Å². The van der Waals surface area contributed by atoms with Gasteiger partial charge in [0, 0.05) is 4.88 Å². The lowest BCUT2D eigenvalue weighted by Gasteiger charge is -2.13. The fourth-order valence-corrected chi connectivity index (χ4v) is 6.41. The number of benzene rings is 2. The predicted octanol–water partition coefficient (Wildman–Crippen LogP) is 5.60. The molecule has 0 atom stereocenters. The number of amides is 1. The summed E-state index contributed by atoms with van der Waals surface area (Å²) < 4.78 is 45.2. The van der Waals surface area contributed by atoms with Crippen LogP contribution in [0.25, 0.3) is 15.9 Å². The second kappa shape index (κ2) is 11.2. The summed E-state index contributed by atoms with van der Waals surface area (Å²) in [6, 6.07) is 11.6. The number of ether oxygens (including phenoxy) is 1. The highest BCUT2D eigenvalue weighted by Crippen LogP contribution is 2.36. The van der Waals surface area contributed by atoms with Crippen LogP contribution in [0.3, 0.4) is 0 Å². The van der Waals surface area contributed by atoms with Gasteiger partial charge in [-0.2, -0.15) is 18.3 Å². The molecule has 0 unspecified atom stereocenters. The van der Waals surface area contributed by atoms with Gasteiger partial charge in [0.15, 0.2) is 5.16 Å². The second-order valence-corrected chi connectivity index (χ2v) is 10.7. The minimum absolute atomic E-state index is 0.0790. The number of thioether (sulfide) groups is 1. The fourth-order valence-electron chi connectivity index (χ4n) is 4.31. The van der Waals surface area contributed by atoms with Gasteiger partial charge in [0.2, 0.25) is 0 Å². The first kappa shape index (κ1) is 26.9. The highest BCUT2D eigenvalue weighted by molar-refractivity contribution is 7.99. The van der Waals surface area contributed by atoms with Gasteiger partial charge in [0.05, 0.1) is 35.2 Å². The third kappa shape index (κ3) is 5.86. The zero-order chi connectivity index (χ0) is 27.6. The van der Waals surface area contributed by atoms with Crippen molar-refractivity contribution in [2.45, 2.75) is 37.5 Å². The third-order valence-electron chi connectivity index (χ3n) is 6.09. The van der Waals surface area contributed by atoms with Crippen molar-refractivity contribution in [1.82, 2.24) is 15.0 Å². The predicted molar refractivity (Wildman–Crippen MR) is 146 cm³/mol.